The first-order valence-corrected chi connectivity index (χ1v) is 10.1. The van der Waals surface area contributed by atoms with Crippen molar-refractivity contribution in [2.75, 3.05) is 0 Å². The highest BCUT2D eigenvalue weighted by molar-refractivity contribution is 7.89. The molecule has 1 saturated carbocycles. The molecule has 0 spiro atoms. The molecule has 0 unspecified atom stereocenters. The summed E-state index contributed by atoms with van der Waals surface area (Å²) in [5.41, 5.74) is 1.98. The average molecular weight is 347 g/mol. The zero-order chi connectivity index (χ0) is 17.2. The molecule has 1 aromatic carbocycles. The molecule has 0 aliphatic heterocycles. The molecule has 5 nitrogen and oxygen atoms in total. The van der Waals surface area contributed by atoms with Crippen LogP contribution in [-0.2, 0) is 17.1 Å². The van der Waals surface area contributed by atoms with Gasteiger partial charge in [0.05, 0.1) is 4.90 Å². The van der Waals surface area contributed by atoms with Crippen molar-refractivity contribution in [2.45, 2.75) is 56.4 Å². The maximum atomic E-state index is 12.6. The summed E-state index contributed by atoms with van der Waals surface area (Å²) in [5, 5.41) is 0. The zero-order valence-corrected chi connectivity index (χ0v) is 15.1. The van der Waals surface area contributed by atoms with Gasteiger partial charge in [-0.2, -0.15) is 0 Å². The van der Waals surface area contributed by atoms with E-state index in [2.05, 4.69) is 9.71 Å². The summed E-state index contributed by atoms with van der Waals surface area (Å²) in [4.78, 5) is 4.70. The fraction of sp³-hybridized carbons (Fsp3) is 0.500. The summed E-state index contributed by atoms with van der Waals surface area (Å²) in [5.74, 6) is 0.841. The van der Waals surface area contributed by atoms with E-state index in [1.807, 2.05) is 36.9 Å². The van der Waals surface area contributed by atoms with E-state index in [9.17, 15) is 8.42 Å². The highest BCUT2D eigenvalue weighted by Gasteiger charge is 2.21. The van der Waals surface area contributed by atoms with Crippen LogP contribution >= 0.6 is 0 Å². The van der Waals surface area contributed by atoms with Crippen LogP contribution in [0.5, 0.6) is 0 Å². The van der Waals surface area contributed by atoms with Gasteiger partial charge in [0, 0.05) is 30.5 Å². The number of sulfonamides is 1. The van der Waals surface area contributed by atoms with Gasteiger partial charge in [0.25, 0.3) is 0 Å². The molecule has 6 heteroatoms. The Balaban J connectivity index is 1.77. The number of nitrogens with one attached hydrogen (secondary N) is 1. The highest BCUT2D eigenvalue weighted by atomic mass is 32.2. The van der Waals surface area contributed by atoms with Crippen LogP contribution in [0.2, 0.25) is 0 Å². The maximum absolute atomic E-state index is 12.6. The van der Waals surface area contributed by atoms with Gasteiger partial charge in [-0.25, -0.2) is 18.1 Å². The molecule has 0 saturated heterocycles. The number of nitrogens with zero attached hydrogens (tertiary/aromatic N) is 2. The van der Waals surface area contributed by atoms with Gasteiger partial charge in [-0.15, -0.1) is 0 Å². The molecule has 2 aromatic rings. The lowest BCUT2D eigenvalue weighted by Gasteiger charge is -2.16. The zero-order valence-electron chi connectivity index (χ0n) is 14.3. The summed E-state index contributed by atoms with van der Waals surface area (Å²) in [7, 11) is -1.50. The van der Waals surface area contributed by atoms with Crippen molar-refractivity contribution in [2.24, 2.45) is 7.05 Å². The Kier molecular flexibility index (Phi) is 5.06. The first-order valence-electron chi connectivity index (χ1n) is 8.58. The van der Waals surface area contributed by atoms with Gasteiger partial charge in [0.1, 0.15) is 5.82 Å². The van der Waals surface area contributed by atoms with Crippen molar-refractivity contribution >= 4 is 10.0 Å². The second-order valence-corrected chi connectivity index (χ2v) is 8.33. The van der Waals surface area contributed by atoms with Gasteiger partial charge in [-0.05, 0) is 44.0 Å². The van der Waals surface area contributed by atoms with Crippen LogP contribution < -0.4 is 4.72 Å². The average Bonchev–Trinajstić information content (AvgIpc) is 2.76. The van der Waals surface area contributed by atoms with Crippen molar-refractivity contribution < 1.29 is 8.42 Å². The maximum Gasteiger partial charge on any atom is 0.240 e. The number of benzene rings is 1. The van der Waals surface area contributed by atoms with Crippen LogP contribution in [0.3, 0.4) is 0 Å². The Morgan fingerprint density at radius 1 is 1.08 bits per heavy atom. The van der Waals surface area contributed by atoms with Gasteiger partial charge < -0.3 is 4.57 Å². The summed E-state index contributed by atoms with van der Waals surface area (Å²) in [6.45, 7) is 1.99. The van der Waals surface area contributed by atoms with Crippen molar-refractivity contribution in [3.05, 3.63) is 36.2 Å². The number of imidazole rings is 1. The predicted molar refractivity (Wildman–Crippen MR) is 95.2 cm³/mol. The minimum absolute atomic E-state index is 0.0642. The van der Waals surface area contributed by atoms with E-state index in [0.29, 0.717) is 4.90 Å². The van der Waals surface area contributed by atoms with E-state index in [-0.39, 0.29) is 6.04 Å². The van der Waals surface area contributed by atoms with Crippen molar-refractivity contribution in [1.29, 1.82) is 0 Å². The molecule has 0 amide bonds. The van der Waals surface area contributed by atoms with E-state index in [0.717, 1.165) is 42.8 Å². The molecule has 1 N–H and O–H groups in total. The minimum Gasteiger partial charge on any atom is -0.331 e. The standard InChI is InChI=1S/C18H25N3O2S/c1-14-13-19-18(21(14)2)15-9-11-17(12-10-15)24(22,23)20-16-7-5-3-4-6-8-16/h9-13,16,20H,3-8H2,1-2H3. The molecule has 1 heterocycles. The molecular weight excluding hydrogens is 322 g/mol. The fourth-order valence-corrected chi connectivity index (χ4v) is 4.54. The first kappa shape index (κ1) is 17.2. The molecule has 1 aromatic heterocycles. The van der Waals surface area contributed by atoms with Crippen molar-refractivity contribution in [3.63, 3.8) is 0 Å². The molecule has 1 aliphatic carbocycles. The quantitative estimate of drug-likeness (QED) is 0.862. The Bertz CT molecular complexity index is 786. The lowest BCUT2D eigenvalue weighted by atomic mass is 10.1. The van der Waals surface area contributed by atoms with Gasteiger partial charge in [-0.3, -0.25) is 0 Å². The second-order valence-electron chi connectivity index (χ2n) is 6.62. The smallest absolute Gasteiger partial charge is 0.240 e. The Labute approximate surface area is 144 Å². The van der Waals surface area contributed by atoms with E-state index in [1.165, 1.54) is 12.8 Å². The molecule has 24 heavy (non-hydrogen) atoms. The fourth-order valence-electron chi connectivity index (χ4n) is 3.23. The van der Waals surface area contributed by atoms with Gasteiger partial charge >= 0.3 is 0 Å². The highest BCUT2D eigenvalue weighted by Crippen LogP contribution is 2.22. The molecule has 3 rings (SSSR count). The largest absolute Gasteiger partial charge is 0.331 e. The molecule has 130 valence electrons. The third-order valence-electron chi connectivity index (χ3n) is 4.82. The summed E-state index contributed by atoms with van der Waals surface area (Å²) >= 11 is 0. The number of aromatic nitrogens is 2. The van der Waals surface area contributed by atoms with Crippen LogP contribution in [0.1, 0.15) is 44.2 Å². The summed E-state index contributed by atoms with van der Waals surface area (Å²) in [6.07, 6.45) is 8.29. The Hall–Kier alpha value is -1.66. The molecule has 0 radical (unpaired) electrons. The van der Waals surface area contributed by atoms with E-state index < -0.39 is 10.0 Å². The third kappa shape index (κ3) is 3.70. The van der Waals surface area contributed by atoms with Crippen LogP contribution in [0.4, 0.5) is 0 Å². The van der Waals surface area contributed by atoms with Crippen LogP contribution in [-0.4, -0.2) is 24.0 Å². The monoisotopic (exact) mass is 347 g/mol. The Morgan fingerprint density at radius 2 is 1.71 bits per heavy atom. The lowest BCUT2D eigenvalue weighted by molar-refractivity contribution is 0.510. The summed E-state index contributed by atoms with van der Waals surface area (Å²) < 4.78 is 30.1. The number of hydrogen-bond acceptors (Lipinski definition) is 3. The number of rotatable bonds is 4. The first-order chi connectivity index (χ1) is 11.5. The molecule has 1 aliphatic rings. The Morgan fingerprint density at radius 3 is 2.25 bits per heavy atom. The van der Waals surface area contributed by atoms with E-state index in [4.69, 9.17) is 0 Å². The van der Waals surface area contributed by atoms with E-state index in [1.54, 1.807) is 12.1 Å². The van der Waals surface area contributed by atoms with Crippen LogP contribution in [0, 0.1) is 6.92 Å². The predicted octanol–water partition coefficient (Wildman–Crippen LogP) is 3.40. The van der Waals surface area contributed by atoms with Gasteiger partial charge in [0.2, 0.25) is 10.0 Å². The molecular formula is C18H25N3O2S. The third-order valence-corrected chi connectivity index (χ3v) is 6.36. The van der Waals surface area contributed by atoms with Crippen molar-refractivity contribution in [3.8, 4) is 11.4 Å². The minimum atomic E-state index is -3.46. The lowest BCUT2D eigenvalue weighted by Crippen LogP contribution is -2.34. The molecule has 0 bridgehead atoms. The topological polar surface area (TPSA) is 64.0 Å². The molecule has 1 fully saturated rings. The number of hydrogen-bond donors (Lipinski definition) is 1. The number of aryl methyl sites for hydroxylation is 1. The second kappa shape index (κ2) is 7.07. The summed E-state index contributed by atoms with van der Waals surface area (Å²) in [6, 6.07) is 7.04. The van der Waals surface area contributed by atoms with Gasteiger partial charge in [0.15, 0.2) is 0 Å². The van der Waals surface area contributed by atoms with Crippen LogP contribution in [0.25, 0.3) is 11.4 Å². The SMILES string of the molecule is Cc1cnc(-c2ccc(S(=O)(=O)NC3CCCCCC3)cc2)n1C. The van der Waals surface area contributed by atoms with Gasteiger partial charge in [-0.1, -0.05) is 25.7 Å². The van der Waals surface area contributed by atoms with E-state index >= 15 is 0 Å². The van der Waals surface area contributed by atoms with Crippen molar-refractivity contribution in [1.82, 2.24) is 14.3 Å². The van der Waals surface area contributed by atoms with Crippen LogP contribution in [0.15, 0.2) is 35.4 Å². The normalized spacial score (nSPS) is 16.9. The molecule has 0 atom stereocenters.